The minimum Gasteiger partial charge on any atom is -0.477 e. The van der Waals surface area contributed by atoms with Crippen LogP contribution in [0.5, 0.6) is 0 Å². The summed E-state index contributed by atoms with van der Waals surface area (Å²) in [4.78, 5) is 25.1. The average Bonchev–Trinajstić information content (AvgIpc) is 2.95. The van der Waals surface area contributed by atoms with Crippen LogP contribution < -0.4 is 0 Å². The van der Waals surface area contributed by atoms with Crippen molar-refractivity contribution in [2.75, 3.05) is 0 Å². The molecule has 0 saturated carbocycles. The zero-order valence-corrected chi connectivity index (χ0v) is 9.56. The normalized spacial score (nSPS) is 10.9. The predicted molar refractivity (Wildman–Crippen MR) is 65.4 cm³/mol. The van der Waals surface area contributed by atoms with Gasteiger partial charge in [-0.25, -0.2) is 14.8 Å². The maximum absolute atomic E-state index is 11.0. The Morgan fingerprint density at radius 1 is 1.39 bits per heavy atom. The molecule has 0 bridgehead atoms. The number of rotatable bonds is 2. The summed E-state index contributed by atoms with van der Waals surface area (Å²) in [6, 6.07) is 5.77. The molecule has 3 N–H and O–H groups in total. The molecule has 3 rings (SSSR count). The highest BCUT2D eigenvalue weighted by Gasteiger charge is 2.17. The van der Waals surface area contributed by atoms with Gasteiger partial charge in [0.1, 0.15) is 5.69 Å². The van der Waals surface area contributed by atoms with E-state index in [4.69, 9.17) is 5.11 Å². The number of H-pyrrole nitrogens is 2. The summed E-state index contributed by atoms with van der Waals surface area (Å²) in [7, 11) is 0. The third-order valence-corrected chi connectivity index (χ3v) is 2.79. The number of imidazole rings is 2. The molecule has 0 atom stereocenters. The van der Waals surface area contributed by atoms with Crippen LogP contribution in [-0.4, -0.2) is 31.0 Å². The number of para-hydroxylation sites is 1. The molecule has 0 fully saturated rings. The van der Waals surface area contributed by atoms with Crippen molar-refractivity contribution in [1.82, 2.24) is 19.9 Å². The van der Waals surface area contributed by atoms with Crippen LogP contribution in [0.4, 0.5) is 0 Å². The van der Waals surface area contributed by atoms with E-state index in [1.165, 1.54) is 6.33 Å². The van der Waals surface area contributed by atoms with Crippen LogP contribution in [0, 0.1) is 6.92 Å². The molecule has 0 unspecified atom stereocenters. The largest absolute Gasteiger partial charge is 0.477 e. The first-order chi connectivity index (χ1) is 8.66. The summed E-state index contributed by atoms with van der Waals surface area (Å²) >= 11 is 0. The van der Waals surface area contributed by atoms with Gasteiger partial charge in [0.05, 0.1) is 17.4 Å². The fourth-order valence-electron chi connectivity index (χ4n) is 1.92. The highest BCUT2D eigenvalue weighted by Crippen LogP contribution is 2.22. The maximum atomic E-state index is 11.0. The lowest BCUT2D eigenvalue weighted by atomic mass is 10.2. The first kappa shape index (κ1) is 10.5. The predicted octanol–water partition coefficient (Wildman–Crippen LogP) is 1.96. The van der Waals surface area contributed by atoms with Crippen molar-refractivity contribution in [3.63, 3.8) is 0 Å². The molecule has 3 aromatic rings. The first-order valence-electron chi connectivity index (χ1n) is 5.39. The van der Waals surface area contributed by atoms with Crippen molar-refractivity contribution < 1.29 is 9.90 Å². The molecule has 0 aliphatic heterocycles. The Labute approximate surface area is 102 Å². The number of carbonyl (C=O) groups is 1. The Morgan fingerprint density at radius 3 is 2.94 bits per heavy atom. The summed E-state index contributed by atoms with van der Waals surface area (Å²) < 4.78 is 0. The van der Waals surface area contributed by atoms with Gasteiger partial charge in [-0.05, 0) is 18.6 Å². The van der Waals surface area contributed by atoms with E-state index >= 15 is 0 Å². The number of fused-ring (bicyclic) bond motifs is 1. The van der Waals surface area contributed by atoms with Crippen LogP contribution in [0.25, 0.3) is 22.6 Å². The average molecular weight is 242 g/mol. The van der Waals surface area contributed by atoms with Gasteiger partial charge in [0.25, 0.3) is 0 Å². The molecular weight excluding hydrogens is 232 g/mol. The van der Waals surface area contributed by atoms with Gasteiger partial charge in [0, 0.05) is 0 Å². The van der Waals surface area contributed by atoms with Crippen LogP contribution >= 0.6 is 0 Å². The Balaban J connectivity index is 2.23. The monoisotopic (exact) mass is 242 g/mol. The maximum Gasteiger partial charge on any atom is 0.354 e. The van der Waals surface area contributed by atoms with Crippen molar-refractivity contribution >= 4 is 17.0 Å². The number of hydrogen-bond acceptors (Lipinski definition) is 3. The number of carboxylic acid groups (broad SMARTS) is 1. The van der Waals surface area contributed by atoms with Crippen LogP contribution in [-0.2, 0) is 0 Å². The molecular formula is C12H10N4O2. The first-order valence-corrected chi connectivity index (χ1v) is 5.39. The quantitative estimate of drug-likeness (QED) is 0.640. The van der Waals surface area contributed by atoms with E-state index in [0.717, 1.165) is 16.6 Å². The van der Waals surface area contributed by atoms with Crippen LogP contribution in [0.15, 0.2) is 24.5 Å². The third kappa shape index (κ3) is 1.46. The molecule has 6 heteroatoms. The number of aromatic carboxylic acids is 1. The zero-order valence-electron chi connectivity index (χ0n) is 9.56. The molecule has 0 aliphatic carbocycles. The molecule has 2 heterocycles. The minimum absolute atomic E-state index is 0.0340. The van der Waals surface area contributed by atoms with Gasteiger partial charge in [0.2, 0.25) is 0 Å². The van der Waals surface area contributed by atoms with Crippen molar-refractivity contribution in [2.45, 2.75) is 6.92 Å². The number of aryl methyl sites for hydroxylation is 1. The van der Waals surface area contributed by atoms with Gasteiger partial charge in [0.15, 0.2) is 11.5 Å². The van der Waals surface area contributed by atoms with Gasteiger partial charge in [-0.2, -0.15) is 0 Å². The second kappa shape index (κ2) is 3.69. The minimum atomic E-state index is -1.06. The van der Waals surface area contributed by atoms with Crippen LogP contribution in [0.1, 0.15) is 16.1 Å². The van der Waals surface area contributed by atoms with Crippen molar-refractivity contribution in [1.29, 1.82) is 0 Å². The number of hydrogen-bond donors (Lipinski definition) is 3. The van der Waals surface area contributed by atoms with Gasteiger partial charge in [-0.1, -0.05) is 12.1 Å². The summed E-state index contributed by atoms with van der Waals surface area (Å²) in [6.45, 7) is 1.95. The fourth-order valence-corrected chi connectivity index (χ4v) is 1.92. The molecule has 1 aromatic carbocycles. The van der Waals surface area contributed by atoms with Crippen molar-refractivity contribution in [3.05, 3.63) is 35.8 Å². The summed E-state index contributed by atoms with van der Waals surface area (Å²) in [5.41, 5.74) is 3.07. The molecule has 0 aliphatic rings. The standard InChI is InChI=1S/C12H10N4O2/c1-6-3-2-4-7-8(6)16-11(15-7)9-10(12(17)18)14-5-13-9/h2-5H,1H3,(H,13,14)(H,15,16)(H,17,18). The van der Waals surface area contributed by atoms with E-state index in [1.807, 2.05) is 25.1 Å². The topological polar surface area (TPSA) is 94.7 Å². The Hall–Kier alpha value is -2.63. The van der Waals surface area contributed by atoms with E-state index in [1.54, 1.807) is 0 Å². The van der Waals surface area contributed by atoms with E-state index in [9.17, 15) is 4.79 Å². The third-order valence-electron chi connectivity index (χ3n) is 2.79. The van der Waals surface area contributed by atoms with Gasteiger partial charge < -0.3 is 15.1 Å². The molecule has 0 radical (unpaired) electrons. The SMILES string of the molecule is Cc1cccc2[nH]c(-c3nc[nH]c3C(=O)O)nc12. The second-order valence-corrected chi connectivity index (χ2v) is 3.99. The molecule has 2 aromatic heterocycles. The number of nitrogens with one attached hydrogen (secondary N) is 2. The summed E-state index contributed by atoms with van der Waals surface area (Å²) in [6.07, 6.45) is 1.35. The second-order valence-electron chi connectivity index (χ2n) is 3.99. The van der Waals surface area contributed by atoms with Crippen molar-refractivity contribution in [2.24, 2.45) is 0 Å². The Kier molecular flexibility index (Phi) is 2.16. The van der Waals surface area contributed by atoms with Crippen molar-refractivity contribution in [3.8, 4) is 11.5 Å². The number of aromatic amines is 2. The lowest BCUT2D eigenvalue weighted by molar-refractivity contribution is 0.0692. The fraction of sp³-hybridized carbons (Fsp3) is 0.0833. The number of benzene rings is 1. The van der Waals surface area contributed by atoms with E-state index in [-0.39, 0.29) is 5.69 Å². The molecule has 0 spiro atoms. The number of aromatic nitrogens is 4. The number of nitrogens with zero attached hydrogens (tertiary/aromatic N) is 2. The Bertz CT molecular complexity index is 741. The zero-order chi connectivity index (χ0) is 12.7. The molecule has 90 valence electrons. The summed E-state index contributed by atoms with van der Waals surface area (Å²) in [5, 5.41) is 9.03. The van der Waals surface area contributed by atoms with E-state index in [2.05, 4.69) is 19.9 Å². The van der Waals surface area contributed by atoms with Gasteiger partial charge in [-0.3, -0.25) is 0 Å². The van der Waals surface area contributed by atoms with Crippen LogP contribution in [0.3, 0.4) is 0 Å². The molecule has 18 heavy (non-hydrogen) atoms. The molecule has 0 amide bonds. The van der Waals surface area contributed by atoms with Gasteiger partial charge >= 0.3 is 5.97 Å². The van der Waals surface area contributed by atoms with Crippen LogP contribution in [0.2, 0.25) is 0 Å². The molecule has 6 nitrogen and oxygen atoms in total. The van der Waals surface area contributed by atoms with E-state index in [0.29, 0.717) is 11.5 Å². The molecule has 0 saturated heterocycles. The highest BCUT2D eigenvalue weighted by atomic mass is 16.4. The lowest BCUT2D eigenvalue weighted by Crippen LogP contribution is -1.99. The van der Waals surface area contributed by atoms with E-state index < -0.39 is 5.97 Å². The lowest BCUT2D eigenvalue weighted by Gasteiger charge is -1.92. The number of carboxylic acids is 1. The summed E-state index contributed by atoms with van der Waals surface area (Å²) in [5.74, 6) is -0.599. The smallest absolute Gasteiger partial charge is 0.354 e. The Morgan fingerprint density at radius 2 is 2.22 bits per heavy atom. The van der Waals surface area contributed by atoms with Gasteiger partial charge in [-0.15, -0.1) is 0 Å². The highest BCUT2D eigenvalue weighted by molar-refractivity contribution is 5.93.